The van der Waals surface area contributed by atoms with Crippen LogP contribution in [-0.4, -0.2) is 67.7 Å². The van der Waals surface area contributed by atoms with Gasteiger partial charge in [-0.1, -0.05) is 11.6 Å². The van der Waals surface area contributed by atoms with E-state index in [1.54, 1.807) is 0 Å². The van der Waals surface area contributed by atoms with Crippen LogP contribution in [0.5, 0.6) is 0 Å². The number of halogens is 2. The maximum Gasteiger partial charge on any atom is 0.256 e. The van der Waals surface area contributed by atoms with Gasteiger partial charge in [0.1, 0.15) is 5.82 Å². The number of carbonyl (C=O) groups excluding carboxylic acids is 1. The summed E-state index contributed by atoms with van der Waals surface area (Å²) in [7, 11) is -0.696. The molecule has 0 unspecified atom stereocenters. The Bertz CT molecular complexity index is 711. The van der Waals surface area contributed by atoms with Crippen LogP contribution in [0, 0.1) is 11.7 Å². The highest BCUT2D eigenvalue weighted by Gasteiger charge is 2.38. The van der Waals surface area contributed by atoms with Gasteiger partial charge in [-0.15, -0.1) is 0 Å². The number of amides is 1. The molecule has 1 saturated heterocycles. The van der Waals surface area contributed by atoms with Gasteiger partial charge in [-0.05, 0) is 18.2 Å². The number of hydrogen-bond acceptors (Lipinski definition) is 4. The van der Waals surface area contributed by atoms with E-state index in [4.69, 9.17) is 11.6 Å². The molecule has 1 aliphatic rings. The average molecular weight is 365 g/mol. The normalized spacial score (nSPS) is 21.9. The van der Waals surface area contributed by atoms with Gasteiger partial charge >= 0.3 is 0 Å². The molecule has 0 aliphatic carbocycles. The predicted octanol–water partition coefficient (Wildman–Crippen LogP) is 0.803. The maximum atomic E-state index is 13.8. The Balaban J connectivity index is 2.15. The van der Waals surface area contributed by atoms with Gasteiger partial charge in [0.25, 0.3) is 5.91 Å². The lowest BCUT2D eigenvalue weighted by molar-refractivity contribution is 0.0760. The third-order valence-corrected chi connectivity index (χ3v) is 6.03. The molecule has 0 radical (unpaired) electrons. The van der Waals surface area contributed by atoms with Crippen LogP contribution in [0.2, 0.25) is 5.02 Å². The summed E-state index contributed by atoms with van der Waals surface area (Å²) in [5, 5.41) is 10.3. The van der Waals surface area contributed by atoms with Gasteiger partial charge < -0.3 is 10.0 Å². The number of benzene rings is 1. The first-order valence-electron chi connectivity index (χ1n) is 6.94. The van der Waals surface area contributed by atoms with E-state index in [1.807, 2.05) is 0 Å². The fourth-order valence-electron chi connectivity index (χ4n) is 2.44. The van der Waals surface area contributed by atoms with E-state index in [2.05, 4.69) is 0 Å². The maximum absolute atomic E-state index is 13.8. The molecule has 128 valence electrons. The van der Waals surface area contributed by atoms with Crippen LogP contribution in [0.25, 0.3) is 0 Å². The first-order chi connectivity index (χ1) is 10.6. The molecule has 1 heterocycles. The Hall–Kier alpha value is -1.22. The Morgan fingerprint density at radius 3 is 2.70 bits per heavy atom. The van der Waals surface area contributed by atoms with E-state index >= 15 is 0 Å². The SMILES string of the molecule is CN(C)S(=O)(=O)C[C@@H]1CN(C(=O)c2cc(Cl)ccc2F)C[C@H]1O. The van der Waals surface area contributed by atoms with E-state index < -0.39 is 33.8 Å². The molecule has 1 amide bonds. The first-order valence-corrected chi connectivity index (χ1v) is 8.93. The van der Waals surface area contributed by atoms with Crippen molar-refractivity contribution in [3.63, 3.8) is 0 Å². The average Bonchev–Trinajstić information content (AvgIpc) is 2.81. The van der Waals surface area contributed by atoms with Crippen molar-refractivity contribution in [2.24, 2.45) is 5.92 Å². The van der Waals surface area contributed by atoms with Crippen LogP contribution in [0.1, 0.15) is 10.4 Å². The smallest absolute Gasteiger partial charge is 0.256 e. The van der Waals surface area contributed by atoms with Crippen molar-refractivity contribution in [3.8, 4) is 0 Å². The second-order valence-corrected chi connectivity index (χ2v) is 8.39. The molecule has 2 rings (SSSR count). The van der Waals surface area contributed by atoms with E-state index in [9.17, 15) is 22.7 Å². The van der Waals surface area contributed by atoms with Crippen molar-refractivity contribution in [3.05, 3.63) is 34.6 Å². The fraction of sp³-hybridized carbons (Fsp3) is 0.500. The third kappa shape index (κ3) is 4.00. The van der Waals surface area contributed by atoms with Crippen LogP contribution < -0.4 is 0 Å². The number of rotatable bonds is 4. The predicted molar refractivity (Wildman–Crippen MR) is 84.3 cm³/mol. The molecular weight excluding hydrogens is 347 g/mol. The Kier molecular flexibility index (Phi) is 5.30. The van der Waals surface area contributed by atoms with Crippen molar-refractivity contribution in [1.82, 2.24) is 9.21 Å². The van der Waals surface area contributed by atoms with Gasteiger partial charge in [0.2, 0.25) is 10.0 Å². The minimum absolute atomic E-state index is 0.0407. The number of aliphatic hydroxyl groups excluding tert-OH is 1. The zero-order chi connectivity index (χ0) is 17.4. The van der Waals surface area contributed by atoms with Gasteiger partial charge in [0, 0.05) is 38.1 Å². The van der Waals surface area contributed by atoms with Crippen LogP contribution in [0.4, 0.5) is 4.39 Å². The fourth-order valence-corrected chi connectivity index (χ4v) is 3.77. The summed E-state index contributed by atoms with van der Waals surface area (Å²) >= 11 is 5.78. The minimum atomic E-state index is -3.50. The van der Waals surface area contributed by atoms with Crippen LogP contribution in [-0.2, 0) is 10.0 Å². The van der Waals surface area contributed by atoms with Gasteiger partial charge in [0.05, 0.1) is 17.4 Å². The first kappa shape index (κ1) is 18.1. The Labute approximate surface area is 139 Å². The zero-order valence-corrected chi connectivity index (χ0v) is 14.3. The molecule has 1 aromatic carbocycles. The summed E-state index contributed by atoms with van der Waals surface area (Å²) in [6.07, 6.45) is -0.976. The number of aliphatic hydroxyl groups is 1. The van der Waals surface area contributed by atoms with Gasteiger partial charge in [-0.2, -0.15) is 0 Å². The van der Waals surface area contributed by atoms with Crippen LogP contribution in [0.3, 0.4) is 0 Å². The molecule has 1 N–H and O–H groups in total. The topological polar surface area (TPSA) is 77.9 Å². The van der Waals surface area contributed by atoms with Crippen molar-refractivity contribution in [2.45, 2.75) is 6.10 Å². The van der Waals surface area contributed by atoms with Crippen molar-refractivity contribution < 1.29 is 22.7 Å². The summed E-state index contributed by atoms with van der Waals surface area (Å²) < 4.78 is 38.7. The number of carbonyl (C=O) groups is 1. The highest BCUT2D eigenvalue weighted by Crippen LogP contribution is 2.24. The molecule has 2 atom stereocenters. The Morgan fingerprint density at radius 1 is 1.43 bits per heavy atom. The quantitative estimate of drug-likeness (QED) is 0.857. The highest BCUT2D eigenvalue weighted by molar-refractivity contribution is 7.89. The molecule has 1 aliphatic heterocycles. The lowest BCUT2D eigenvalue weighted by Crippen LogP contribution is -2.33. The number of nitrogens with zero attached hydrogens (tertiary/aromatic N) is 2. The molecule has 1 fully saturated rings. The molecule has 9 heteroatoms. The number of likely N-dealkylation sites (tertiary alicyclic amines) is 1. The molecule has 23 heavy (non-hydrogen) atoms. The van der Waals surface area contributed by atoms with Crippen molar-refractivity contribution >= 4 is 27.5 Å². The Morgan fingerprint density at radius 2 is 2.09 bits per heavy atom. The van der Waals surface area contributed by atoms with Crippen molar-refractivity contribution in [2.75, 3.05) is 32.9 Å². The monoisotopic (exact) mass is 364 g/mol. The number of hydrogen-bond donors (Lipinski definition) is 1. The van der Waals surface area contributed by atoms with E-state index in [0.717, 1.165) is 10.4 Å². The van der Waals surface area contributed by atoms with E-state index in [0.29, 0.717) is 0 Å². The second-order valence-electron chi connectivity index (χ2n) is 5.72. The summed E-state index contributed by atoms with van der Waals surface area (Å²) in [5.74, 6) is -2.22. The number of sulfonamides is 1. The van der Waals surface area contributed by atoms with Crippen molar-refractivity contribution in [1.29, 1.82) is 0 Å². The number of β-amino-alcohol motifs (C(OH)–C–C–N with tert-alkyl or cyclic N) is 1. The molecule has 6 nitrogen and oxygen atoms in total. The van der Waals surface area contributed by atoms with E-state index in [-0.39, 0.29) is 29.4 Å². The zero-order valence-electron chi connectivity index (χ0n) is 12.7. The summed E-state index contributed by atoms with van der Waals surface area (Å²) in [6.45, 7) is -0.00255. The molecule has 0 aromatic heterocycles. The lowest BCUT2D eigenvalue weighted by atomic mass is 10.1. The van der Waals surface area contributed by atoms with Crippen LogP contribution in [0.15, 0.2) is 18.2 Å². The minimum Gasteiger partial charge on any atom is -0.391 e. The third-order valence-electron chi connectivity index (χ3n) is 3.83. The summed E-state index contributed by atoms with van der Waals surface area (Å²) in [5.41, 5.74) is -0.194. The largest absolute Gasteiger partial charge is 0.391 e. The molecule has 1 aromatic rings. The molecule has 0 spiro atoms. The van der Waals surface area contributed by atoms with Gasteiger partial charge in [0.15, 0.2) is 0 Å². The lowest BCUT2D eigenvalue weighted by Gasteiger charge is -2.18. The molecular formula is C14H18ClFN2O4S. The van der Waals surface area contributed by atoms with E-state index in [1.165, 1.54) is 31.1 Å². The summed E-state index contributed by atoms with van der Waals surface area (Å²) in [6, 6.07) is 3.64. The van der Waals surface area contributed by atoms with Crippen LogP contribution >= 0.6 is 11.6 Å². The highest BCUT2D eigenvalue weighted by atomic mass is 35.5. The standard InChI is InChI=1S/C14H18ClFN2O4S/c1-17(2)23(21,22)8-9-6-18(7-13(9)19)14(20)11-5-10(15)3-4-12(11)16/h3-5,9,13,19H,6-8H2,1-2H3/t9-,13+/m0/s1. The molecule has 0 bridgehead atoms. The molecule has 0 saturated carbocycles. The summed E-state index contributed by atoms with van der Waals surface area (Å²) in [4.78, 5) is 13.6. The van der Waals surface area contributed by atoms with Gasteiger partial charge in [-0.25, -0.2) is 17.1 Å². The second kappa shape index (κ2) is 6.72. The van der Waals surface area contributed by atoms with Gasteiger partial charge in [-0.3, -0.25) is 4.79 Å².